The van der Waals surface area contributed by atoms with Gasteiger partial charge in [0.2, 0.25) is 11.8 Å². The number of ketones is 1. The van der Waals surface area contributed by atoms with Gasteiger partial charge in [0.15, 0.2) is 5.78 Å². The van der Waals surface area contributed by atoms with Crippen molar-refractivity contribution in [3.05, 3.63) is 45.6 Å². The molecule has 1 saturated heterocycles. The number of aliphatic carboxylic acids is 1. The summed E-state index contributed by atoms with van der Waals surface area (Å²) in [6.07, 6.45) is 1.22. The summed E-state index contributed by atoms with van der Waals surface area (Å²) in [5, 5.41) is 9.58. The quantitative estimate of drug-likeness (QED) is 0.643. The predicted octanol–water partition coefficient (Wildman–Crippen LogP) is 2.66. The molecule has 2 aromatic rings. The number of hydrogen-bond donors (Lipinski definition) is 1. The van der Waals surface area contributed by atoms with Crippen molar-refractivity contribution in [1.82, 2.24) is 14.4 Å². The summed E-state index contributed by atoms with van der Waals surface area (Å²) < 4.78 is 2.31. The molecule has 32 heavy (non-hydrogen) atoms. The van der Waals surface area contributed by atoms with Crippen molar-refractivity contribution in [3.63, 3.8) is 0 Å². The number of carboxylic acid groups (broad SMARTS) is 1. The highest BCUT2D eigenvalue weighted by atomic mass is 79.9. The largest absolute Gasteiger partial charge is 0.480 e. The standard InChI is InChI=1S/C22H20BrN3O6/c1-24-20(30)18(21(31)25(2)22(24)32)17-16-13(4-3-5-14(16)27)26(10-15(28)29)19(17)11-6-8-12(23)9-7-11/h6-9,18H,3-5,10H2,1-2H3,(H,28,29). The molecule has 10 heteroatoms. The Hall–Kier alpha value is -3.27. The van der Waals surface area contributed by atoms with Gasteiger partial charge in [0, 0.05) is 41.8 Å². The van der Waals surface area contributed by atoms with Crippen LogP contribution in [0, 0.1) is 0 Å². The van der Waals surface area contributed by atoms with E-state index < -0.39 is 36.3 Å². The van der Waals surface area contributed by atoms with Gasteiger partial charge >= 0.3 is 12.0 Å². The van der Waals surface area contributed by atoms with Gasteiger partial charge in [-0.05, 0) is 30.5 Å². The molecule has 0 bridgehead atoms. The summed E-state index contributed by atoms with van der Waals surface area (Å²) in [5.41, 5.74) is 1.80. The normalized spacial score (nSPS) is 17.2. The molecule has 1 aromatic heterocycles. The topological polar surface area (TPSA) is 117 Å². The van der Waals surface area contributed by atoms with E-state index in [1.165, 1.54) is 18.7 Å². The molecule has 9 nitrogen and oxygen atoms in total. The number of halogens is 1. The smallest absolute Gasteiger partial charge is 0.332 e. The molecule has 0 unspecified atom stereocenters. The number of likely N-dealkylation sites (N-methyl/N-ethyl adjacent to an activating group) is 2. The maximum Gasteiger partial charge on any atom is 0.332 e. The number of rotatable bonds is 4. The minimum Gasteiger partial charge on any atom is -0.480 e. The lowest BCUT2D eigenvalue weighted by molar-refractivity contribution is -0.143. The van der Waals surface area contributed by atoms with Gasteiger partial charge in [0.1, 0.15) is 12.5 Å². The van der Waals surface area contributed by atoms with Crippen molar-refractivity contribution in [2.75, 3.05) is 14.1 Å². The number of carbonyl (C=O) groups is 5. The number of Topliss-reactive ketones (excluding diaryl/α,β-unsaturated/α-hetero) is 1. The first-order chi connectivity index (χ1) is 15.1. The van der Waals surface area contributed by atoms with E-state index in [0.717, 1.165) is 14.3 Å². The first-order valence-electron chi connectivity index (χ1n) is 9.98. The van der Waals surface area contributed by atoms with Crippen LogP contribution >= 0.6 is 15.9 Å². The van der Waals surface area contributed by atoms with E-state index >= 15 is 0 Å². The van der Waals surface area contributed by atoms with Crippen molar-refractivity contribution < 1.29 is 29.1 Å². The molecule has 0 atom stereocenters. The lowest BCUT2D eigenvalue weighted by Gasteiger charge is -2.33. The zero-order chi connectivity index (χ0) is 23.3. The second-order valence-corrected chi connectivity index (χ2v) is 8.77. The maximum atomic E-state index is 13.2. The monoisotopic (exact) mass is 501 g/mol. The molecule has 1 aliphatic carbocycles. The van der Waals surface area contributed by atoms with E-state index in [-0.39, 0.29) is 23.3 Å². The van der Waals surface area contributed by atoms with E-state index in [1.54, 1.807) is 24.3 Å². The average molecular weight is 502 g/mol. The molecule has 0 spiro atoms. The number of urea groups is 1. The molecule has 4 rings (SSSR count). The lowest BCUT2D eigenvalue weighted by atomic mass is 9.84. The Bertz CT molecular complexity index is 1160. The average Bonchev–Trinajstić information content (AvgIpc) is 3.06. The van der Waals surface area contributed by atoms with Crippen LogP contribution in [0.1, 0.15) is 40.4 Å². The van der Waals surface area contributed by atoms with Crippen molar-refractivity contribution >= 4 is 45.5 Å². The van der Waals surface area contributed by atoms with Crippen LogP contribution in [-0.4, -0.2) is 63.2 Å². The molecule has 1 aliphatic heterocycles. The van der Waals surface area contributed by atoms with Gasteiger partial charge in [-0.3, -0.25) is 29.0 Å². The van der Waals surface area contributed by atoms with Crippen LogP contribution in [0.2, 0.25) is 0 Å². The number of nitrogens with zero attached hydrogens (tertiary/aromatic N) is 3. The number of amides is 4. The Kier molecular flexibility index (Phi) is 5.49. The third kappa shape index (κ3) is 3.35. The van der Waals surface area contributed by atoms with Gasteiger partial charge in [-0.1, -0.05) is 28.1 Å². The molecule has 1 N–H and O–H groups in total. The van der Waals surface area contributed by atoms with Gasteiger partial charge in [-0.15, -0.1) is 0 Å². The van der Waals surface area contributed by atoms with E-state index in [1.807, 2.05) is 0 Å². The Labute approximate surface area is 191 Å². The van der Waals surface area contributed by atoms with Crippen LogP contribution in [0.5, 0.6) is 0 Å². The molecule has 1 aromatic carbocycles. The van der Waals surface area contributed by atoms with Gasteiger partial charge in [0.05, 0.1) is 5.69 Å². The molecule has 0 radical (unpaired) electrons. The predicted molar refractivity (Wildman–Crippen MR) is 116 cm³/mol. The SMILES string of the molecule is CN1C(=O)C(c2c3c(n(CC(=O)O)c2-c2ccc(Br)cc2)CCCC3=O)C(=O)N(C)C1=O. The van der Waals surface area contributed by atoms with Crippen molar-refractivity contribution in [2.45, 2.75) is 31.7 Å². The van der Waals surface area contributed by atoms with Crippen molar-refractivity contribution in [1.29, 1.82) is 0 Å². The molecule has 1 fully saturated rings. The summed E-state index contributed by atoms with van der Waals surface area (Å²) in [6.45, 7) is -0.430. The molecule has 2 aliphatic rings. The molecule has 166 valence electrons. The lowest BCUT2D eigenvalue weighted by Crippen LogP contribution is -2.56. The Morgan fingerprint density at radius 2 is 1.62 bits per heavy atom. The number of barbiturate groups is 1. The molecule has 4 amide bonds. The summed E-state index contributed by atoms with van der Waals surface area (Å²) in [6, 6.07) is 6.21. The van der Waals surface area contributed by atoms with Gasteiger partial charge in [-0.25, -0.2) is 4.79 Å². The fourth-order valence-corrected chi connectivity index (χ4v) is 4.73. The number of hydrogen-bond acceptors (Lipinski definition) is 5. The zero-order valence-electron chi connectivity index (χ0n) is 17.4. The summed E-state index contributed by atoms with van der Waals surface area (Å²) in [5.74, 6) is -4.27. The molecule has 2 heterocycles. The second-order valence-electron chi connectivity index (χ2n) is 7.86. The Morgan fingerprint density at radius 1 is 1.03 bits per heavy atom. The number of carboxylic acids is 1. The zero-order valence-corrected chi connectivity index (χ0v) is 19.0. The number of carbonyl (C=O) groups excluding carboxylic acids is 4. The van der Waals surface area contributed by atoms with Crippen LogP contribution in [-0.2, 0) is 27.3 Å². The van der Waals surface area contributed by atoms with Crippen LogP contribution in [0.3, 0.4) is 0 Å². The third-order valence-corrected chi connectivity index (χ3v) is 6.46. The van der Waals surface area contributed by atoms with Crippen molar-refractivity contribution in [3.8, 4) is 11.3 Å². The third-order valence-electron chi connectivity index (χ3n) is 5.93. The van der Waals surface area contributed by atoms with Gasteiger partial charge in [-0.2, -0.15) is 0 Å². The second kappa shape index (κ2) is 8.01. The van der Waals surface area contributed by atoms with Crippen LogP contribution in [0.15, 0.2) is 28.7 Å². The molecular weight excluding hydrogens is 482 g/mol. The van der Waals surface area contributed by atoms with Crippen LogP contribution in [0.4, 0.5) is 4.79 Å². The Morgan fingerprint density at radius 3 is 2.19 bits per heavy atom. The molecule has 0 saturated carbocycles. The highest BCUT2D eigenvalue weighted by molar-refractivity contribution is 9.10. The van der Waals surface area contributed by atoms with Crippen LogP contribution in [0.25, 0.3) is 11.3 Å². The number of imide groups is 2. The van der Waals surface area contributed by atoms with Crippen LogP contribution < -0.4 is 0 Å². The van der Waals surface area contributed by atoms with Crippen molar-refractivity contribution in [2.24, 2.45) is 0 Å². The minimum absolute atomic E-state index is 0.175. The summed E-state index contributed by atoms with van der Waals surface area (Å²) >= 11 is 3.37. The molecular formula is C22H20BrN3O6. The summed E-state index contributed by atoms with van der Waals surface area (Å²) in [7, 11) is 2.56. The number of fused-ring (bicyclic) bond motifs is 1. The first-order valence-corrected chi connectivity index (χ1v) is 10.8. The van der Waals surface area contributed by atoms with E-state index in [2.05, 4.69) is 15.9 Å². The highest BCUT2D eigenvalue weighted by Crippen LogP contribution is 2.42. The minimum atomic E-state index is -1.42. The Balaban J connectivity index is 2.08. The number of aromatic nitrogens is 1. The maximum absolute atomic E-state index is 13.2. The fraction of sp³-hybridized carbons (Fsp3) is 0.318. The van der Waals surface area contributed by atoms with E-state index in [4.69, 9.17) is 0 Å². The number of benzene rings is 1. The van der Waals surface area contributed by atoms with E-state index in [0.29, 0.717) is 29.8 Å². The van der Waals surface area contributed by atoms with E-state index in [9.17, 15) is 29.1 Å². The summed E-state index contributed by atoms with van der Waals surface area (Å²) in [4.78, 5) is 65.1. The highest BCUT2D eigenvalue weighted by Gasteiger charge is 2.48. The van der Waals surface area contributed by atoms with Gasteiger partial charge in [0.25, 0.3) is 0 Å². The first kappa shape index (κ1) is 21.9. The fourth-order valence-electron chi connectivity index (χ4n) is 4.46. The van der Waals surface area contributed by atoms with Gasteiger partial charge < -0.3 is 9.67 Å².